The van der Waals surface area contributed by atoms with Gasteiger partial charge in [0.15, 0.2) is 11.5 Å². The number of benzene rings is 2. The van der Waals surface area contributed by atoms with E-state index in [0.717, 1.165) is 36.7 Å². The Bertz CT molecular complexity index is 1920. The average Bonchev–Trinajstić information content (AvgIpc) is 2.93. The Labute approximate surface area is 264 Å². The van der Waals surface area contributed by atoms with Crippen molar-refractivity contribution < 1.29 is 45.7 Å². The van der Waals surface area contributed by atoms with E-state index >= 15 is 0 Å². The Balaban J connectivity index is 0.00000506. The number of carbonyl (C=O) groups excluding carboxylic acids is 2. The van der Waals surface area contributed by atoms with Crippen molar-refractivity contribution in [2.24, 2.45) is 10.2 Å². The fraction of sp³-hybridized carbons (Fsp3) is 0. The number of nitrogens with zero attached hydrogens (tertiary/aromatic N) is 4. The number of carbonyl (C=O) groups is 2. The van der Waals surface area contributed by atoms with Crippen molar-refractivity contribution in [2.75, 3.05) is 0 Å². The number of phenolic OH excluding ortho intramolecular Hbond substituents is 2. The number of amides is 2. The number of hydrogen-bond donors (Lipinski definition) is 6. The molecule has 0 bridgehead atoms. The van der Waals surface area contributed by atoms with Crippen LogP contribution in [-0.2, 0) is 29.8 Å². The zero-order chi connectivity index (χ0) is 30.7. The summed E-state index contributed by atoms with van der Waals surface area (Å²) in [7, 11) is -9.39. The number of aromatic nitrogens is 2. The number of fused-ring (bicyclic) bond motifs is 2. The van der Waals surface area contributed by atoms with Gasteiger partial charge in [0.1, 0.15) is 20.8 Å². The summed E-state index contributed by atoms with van der Waals surface area (Å²) in [6.07, 6.45) is 5.86. The van der Waals surface area contributed by atoms with E-state index in [1.807, 2.05) is 10.9 Å². The molecule has 0 saturated carbocycles. The largest absolute Gasteiger partial charge is 0.505 e. The van der Waals surface area contributed by atoms with Crippen molar-refractivity contribution in [1.29, 1.82) is 0 Å². The predicted molar refractivity (Wildman–Crippen MR) is 153 cm³/mol. The molecule has 0 unspecified atom stereocenters. The summed E-state index contributed by atoms with van der Waals surface area (Å²) < 4.78 is 66.0. The summed E-state index contributed by atoms with van der Waals surface area (Å²) in [6, 6.07) is 7.31. The second kappa shape index (κ2) is 13.3. The van der Waals surface area contributed by atoms with Crippen molar-refractivity contribution in [3.63, 3.8) is 0 Å². The summed E-state index contributed by atoms with van der Waals surface area (Å²) in [4.78, 5) is 30.7. The second-order valence-corrected chi connectivity index (χ2v) is 11.0. The molecule has 1 radical (unpaired) electrons. The van der Waals surface area contributed by atoms with E-state index in [4.69, 9.17) is 0 Å². The molecule has 0 spiro atoms. The van der Waals surface area contributed by atoms with Gasteiger partial charge in [0, 0.05) is 76.0 Å². The van der Waals surface area contributed by atoms with Gasteiger partial charge in [0.25, 0.3) is 32.1 Å². The smallest absolute Gasteiger partial charge is 0.295 e. The van der Waals surface area contributed by atoms with Crippen molar-refractivity contribution in [2.45, 2.75) is 9.79 Å². The third kappa shape index (κ3) is 7.76. The number of aromatic hydroxyl groups is 2. The first-order chi connectivity index (χ1) is 19.8. The summed E-state index contributed by atoms with van der Waals surface area (Å²) in [5.74, 6) is -2.79. The van der Waals surface area contributed by atoms with Gasteiger partial charge in [0.05, 0.1) is 12.4 Å². The maximum Gasteiger partial charge on any atom is 0.295 e. The molecule has 0 atom stereocenters. The molecular formula is C24H18N6NaO10S2. The minimum atomic E-state index is -4.70. The number of phenols is 2. The van der Waals surface area contributed by atoms with Crippen LogP contribution in [-0.4, -0.2) is 99.9 Å². The standard InChI is InChI=1S/C24H18N6O10S2.Na/c31-19(29-27-11-13-9-17(41(35,36)37)15-3-1-7-25-21(15)23(13)33)5-6-20(32)30-28-12-14-10-18(42(38,39)40)16-4-2-8-26-22(16)24(14)34;/h1-12,33-34H,(H,29,31)(H,30,32)(H,35,36,37)(H,38,39,40);/b6-5+,27-11+,28-12+;. The van der Waals surface area contributed by atoms with E-state index < -0.39 is 53.3 Å². The van der Waals surface area contributed by atoms with E-state index in [1.54, 1.807) is 0 Å². The van der Waals surface area contributed by atoms with Crippen LogP contribution in [0.4, 0.5) is 0 Å². The summed E-state index contributed by atoms with van der Waals surface area (Å²) in [5, 5.41) is 27.8. The van der Waals surface area contributed by atoms with Gasteiger partial charge in [-0.2, -0.15) is 27.0 Å². The van der Waals surface area contributed by atoms with Crippen LogP contribution in [0.5, 0.6) is 11.5 Å². The minimum absolute atomic E-state index is 0. The van der Waals surface area contributed by atoms with E-state index in [2.05, 4.69) is 20.2 Å². The summed E-state index contributed by atoms with van der Waals surface area (Å²) in [6.45, 7) is 0. The van der Waals surface area contributed by atoms with Crippen molar-refractivity contribution >= 4 is 95.8 Å². The Morgan fingerprint density at radius 1 is 0.721 bits per heavy atom. The molecule has 0 fully saturated rings. The average molecular weight is 638 g/mol. The first-order valence-corrected chi connectivity index (χ1v) is 14.2. The first kappa shape index (κ1) is 33.2. The molecule has 0 aliphatic carbocycles. The SMILES string of the molecule is O=C(/C=C/C(=O)N/N=C/c1cc(S(=O)(=O)O)c2cccnc2c1O)N/N=C/c1cc(S(=O)(=O)O)c2cccnc2c1O.[Na]. The Morgan fingerprint density at radius 3 is 1.44 bits per heavy atom. The van der Waals surface area contributed by atoms with Gasteiger partial charge in [-0.15, -0.1) is 0 Å². The molecule has 19 heteroatoms. The predicted octanol–water partition coefficient (Wildman–Crippen LogP) is 0.463. The fourth-order valence-corrected chi connectivity index (χ4v) is 5.05. The van der Waals surface area contributed by atoms with Gasteiger partial charge in [0.2, 0.25) is 0 Å². The third-order valence-corrected chi connectivity index (χ3v) is 7.20. The molecule has 43 heavy (non-hydrogen) atoms. The van der Waals surface area contributed by atoms with Gasteiger partial charge in [-0.25, -0.2) is 10.9 Å². The van der Waals surface area contributed by atoms with Gasteiger partial charge in [-0.3, -0.25) is 28.7 Å². The molecule has 0 aliphatic heterocycles. The third-order valence-electron chi connectivity index (χ3n) is 5.41. The van der Waals surface area contributed by atoms with Crippen LogP contribution in [0.2, 0.25) is 0 Å². The van der Waals surface area contributed by atoms with Gasteiger partial charge >= 0.3 is 0 Å². The van der Waals surface area contributed by atoms with Crippen molar-refractivity contribution in [1.82, 2.24) is 20.8 Å². The van der Waals surface area contributed by atoms with E-state index in [0.29, 0.717) is 0 Å². The van der Waals surface area contributed by atoms with Crippen LogP contribution in [0.3, 0.4) is 0 Å². The number of nitrogens with one attached hydrogen (secondary N) is 2. The molecule has 2 aromatic heterocycles. The van der Waals surface area contributed by atoms with E-state index in [1.165, 1.54) is 36.7 Å². The van der Waals surface area contributed by atoms with Gasteiger partial charge in [-0.1, -0.05) is 0 Å². The van der Waals surface area contributed by atoms with Crippen LogP contribution in [0.25, 0.3) is 21.8 Å². The molecule has 16 nitrogen and oxygen atoms in total. The van der Waals surface area contributed by atoms with Gasteiger partial charge in [-0.05, 0) is 36.4 Å². The Hall–Kier alpha value is -4.30. The maximum absolute atomic E-state index is 12.0. The first-order valence-electron chi connectivity index (χ1n) is 11.3. The quantitative estimate of drug-likeness (QED) is 0.0506. The number of hydrogen-bond acceptors (Lipinski definition) is 12. The van der Waals surface area contributed by atoms with Crippen LogP contribution < -0.4 is 10.9 Å². The Morgan fingerprint density at radius 2 is 1.09 bits per heavy atom. The van der Waals surface area contributed by atoms with Crippen molar-refractivity contribution in [3.8, 4) is 11.5 Å². The molecule has 0 saturated heterocycles. The van der Waals surface area contributed by atoms with E-state index in [9.17, 15) is 45.7 Å². The molecule has 4 rings (SSSR count). The zero-order valence-corrected chi connectivity index (χ0v) is 25.4. The van der Waals surface area contributed by atoms with Gasteiger partial charge < -0.3 is 10.2 Å². The van der Waals surface area contributed by atoms with Crippen LogP contribution in [0.15, 0.2) is 80.9 Å². The molecule has 2 aromatic carbocycles. The maximum atomic E-state index is 12.0. The molecule has 2 amide bonds. The topological polar surface area (TPSA) is 258 Å². The summed E-state index contributed by atoms with van der Waals surface area (Å²) in [5.41, 5.74) is 3.34. The molecule has 2 heterocycles. The fourth-order valence-electron chi connectivity index (χ4n) is 3.61. The molecule has 6 N–H and O–H groups in total. The monoisotopic (exact) mass is 637 g/mol. The molecular weight excluding hydrogens is 619 g/mol. The van der Waals surface area contributed by atoms with Crippen LogP contribution in [0.1, 0.15) is 11.1 Å². The number of rotatable bonds is 8. The van der Waals surface area contributed by atoms with Crippen LogP contribution in [0, 0.1) is 0 Å². The van der Waals surface area contributed by atoms with E-state index in [-0.39, 0.29) is 62.5 Å². The zero-order valence-electron chi connectivity index (χ0n) is 21.8. The molecule has 0 aliphatic rings. The number of hydrazone groups is 2. The molecule has 4 aromatic rings. The second-order valence-electron chi connectivity index (χ2n) is 8.18. The number of pyridine rings is 2. The normalized spacial score (nSPS) is 12.2. The van der Waals surface area contributed by atoms with Crippen molar-refractivity contribution in [3.05, 3.63) is 72.1 Å². The molecule has 217 valence electrons. The van der Waals surface area contributed by atoms with Crippen LogP contribution >= 0.6 is 0 Å². The Kier molecular flexibility index (Phi) is 10.3. The minimum Gasteiger partial charge on any atom is -0.505 e. The summed E-state index contributed by atoms with van der Waals surface area (Å²) >= 11 is 0.